The lowest BCUT2D eigenvalue weighted by Gasteiger charge is -2.15. The van der Waals surface area contributed by atoms with Crippen molar-refractivity contribution in [3.05, 3.63) is 66.5 Å². The van der Waals surface area contributed by atoms with Crippen LogP contribution in [-0.4, -0.2) is 44.6 Å². The average Bonchev–Trinajstić information content (AvgIpc) is 2.90. The zero-order chi connectivity index (χ0) is 25.0. The van der Waals surface area contributed by atoms with Gasteiger partial charge in [-0.15, -0.1) is 5.92 Å². The van der Waals surface area contributed by atoms with E-state index in [0.717, 1.165) is 10.8 Å². The fourth-order valence-corrected chi connectivity index (χ4v) is 4.83. The highest BCUT2D eigenvalue weighted by atomic mass is 32.2. The molecule has 182 valence electrons. The van der Waals surface area contributed by atoms with Gasteiger partial charge in [0.05, 0.1) is 10.8 Å². The first-order valence-electron chi connectivity index (χ1n) is 11.1. The largest absolute Gasteiger partial charge is 0.481 e. The fraction of sp³-hybridized carbons (Fsp3) is 0.269. The third-order valence-electron chi connectivity index (χ3n) is 5.27. The monoisotopic (exact) mass is 493 g/mol. The van der Waals surface area contributed by atoms with E-state index in [1.807, 2.05) is 30.3 Å². The van der Waals surface area contributed by atoms with Crippen molar-refractivity contribution in [2.45, 2.75) is 36.3 Å². The number of fused-ring (bicyclic) bond motifs is 1. The Morgan fingerprint density at radius 2 is 1.89 bits per heavy atom. The minimum absolute atomic E-state index is 0.252. The van der Waals surface area contributed by atoms with Gasteiger partial charge in [-0.05, 0) is 61.9 Å². The Morgan fingerprint density at radius 1 is 1.11 bits per heavy atom. The number of carbonyl (C=O) groups is 2. The van der Waals surface area contributed by atoms with E-state index in [-0.39, 0.29) is 18.9 Å². The van der Waals surface area contributed by atoms with Gasteiger partial charge in [0, 0.05) is 23.0 Å². The number of pyridine rings is 1. The summed E-state index contributed by atoms with van der Waals surface area (Å²) >= 11 is 0. The van der Waals surface area contributed by atoms with Crippen LogP contribution in [0.5, 0.6) is 5.75 Å². The molecule has 0 fully saturated rings. The Balaban J connectivity index is 1.52. The summed E-state index contributed by atoms with van der Waals surface area (Å²) in [6, 6.07) is 15.9. The van der Waals surface area contributed by atoms with Crippen LogP contribution in [0.15, 0.2) is 65.7 Å². The molecule has 0 aliphatic heterocycles. The Morgan fingerprint density at radius 3 is 2.63 bits per heavy atom. The molecular formula is C26H27N3O5S. The molecule has 3 rings (SSSR count). The summed E-state index contributed by atoms with van der Waals surface area (Å²) in [5.74, 6) is 5.11. The van der Waals surface area contributed by atoms with Crippen LogP contribution in [0, 0.1) is 11.8 Å². The number of hydroxylamine groups is 1. The summed E-state index contributed by atoms with van der Waals surface area (Å²) in [6.45, 7) is 2.34. The van der Waals surface area contributed by atoms with Gasteiger partial charge in [0.2, 0.25) is 0 Å². The number of nitrogens with zero attached hydrogens (tertiary/aromatic N) is 1. The molecule has 0 bridgehead atoms. The Kier molecular flexibility index (Phi) is 9.78. The van der Waals surface area contributed by atoms with E-state index < -0.39 is 22.0 Å². The first kappa shape index (κ1) is 25.9. The highest BCUT2D eigenvalue weighted by Crippen LogP contribution is 2.20. The molecule has 0 saturated carbocycles. The number of unbranched alkanes of at least 4 members (excludes halogenated alkanes) is 1. The number of amides is 2. The molecule has 3 aromatic rings. The normalized spacial score (nSPS) is 12.2. The standard InChI is InChI=1S/C26H27N3O5S/c1-2-3-18-34-20-11-13-21(14-12-20)35(33)23(25(30)29-32)10-6-7-16-28-26(31)24-22-9-5-4-8-19(22)15-17-27-24/h4-5,8-9,11-15,17,23,32H,6-7,10,16,18H2,1H3,(H,28,31)(H,29,30). The van der Waals surface area contributed by atoms with E-state index in [1.165, 1.54) is 0 Å². The zero-order valence-corrected chi connectivity index (χ0v) is 20.1. The number of aromatic nitrogens is 1. The Labute approximate surface area is 206 Å². The smallest absolute Gasteiger partial charge is 0.270 e. The van der Waals surface area contributed by atoms with Crippen LogP contribution in [0.25, 0.3) is 10.8 Å². The van der Waals surface area contributed by atoms with E-state index >= 15 is 0 Å². The molecule has 9 heteroatoms. The van der Waals surface area contributed by atoms with Gasteiger partial charge >= 0.3 is 0 Å². The molecule has 2 unspecified atom stereocenters. The zero-order valence-electron chi connectivity index (χ0n) is 19.3. The van der Waals surface area contributed by atoms with Crippen molar-refractivity contribution in [2.24, 2.45) is 0 Å². The highest BCUT2D eigenvalue weighted by molar-refractivity contribution is 7.86. The van der Waals surface area contributed by atoms with Crippen molar-refractivity contribution in [3.63, 3.8) is 0 Å². The van der Waals surface area contributed by atoms with E-state index in [0.29, 0.717) is 35.7 Å². The summed E-state index contributed by atoms with van der Waals surface area (Å²) in [6.07, 6.45) is 2.95. The molecular weight excluding hydrogens is 466 g/mol. The van der Waals surface area contributed by atoms with Gasteiger partial charge in [-0.2, -0.15) is 0 Å². The number of hydrogen-bond donors (Lipinski definition) is 3. The quantitative estimate of drug-likeness (QED) is 0.163. The van der Waals surface area contributed by atoms with Gasteiger partial charge in [-0.3, -0.25) is 24.0 Å². The number of rotatable bonds is 11. The maximum absolute atomic E-state index is 13.0. The Bertz CT molecular complexity index is 1250. The van der Waals surface area contributed by atoms with Gasteiger partial charge in [0.1, 0.15) is 23.3 Å². The molecule has 3 N–H and O–H groups in total. The van der Waals surface area contributed by atoms with Crippen LogP contribution < -0.4 is 15.5 Å². The second-order valence-electron chi connectivity index (χ2n) is 7.58. The molecule has 0 aliphatic rings. The SMILES string of the molecule is CC#CCOc1ccc(S(=O)C(CCCCNC(=O)c2nccc3ccccc23)C(=O)NO)cc1. The molecule has 0 spiro atoms. The van der Waals surface area contributed by atoms with Gasteiger partial charge in [-0.1, -0.05) is 30.2 Å². The minimum Gasteiger partial charge on any atom is -0.481 e. The maximum Gasteiger partial charge on any atom is 0.270 e. The molecule has 0 radical (unpaired) electrons. The second-order valence-corrected chi connectivity index (χ2v) is 9.22. The van der Waals surface area contributed by atoms with Crippen molar-refractivity contribution in [1.29, 1.82) is 0 Å². The lowest BCUT2D eigenvalue weighted by Crippen LogP contribution is -2.35. The van der Waals surface area contributed by atoms with Crippen molar-refractivity contribution < 1.29 is 23.7 Å². The van der Waals surface area contributed by atoms with Crippen molar-refractivity contribution in [1.82, 2.24) is 15.8 Å². The molecule has 2 amide bonds. The van der Waals surface area contributed by atoms with Crippen molar-refractivity contribution >= 4 is 33.4 Å². The molecule has 0 saturated heterocycles. The van der Waals surface area contributed by atoms with Gasteiger partial charge < -0.3 is 10.1 Å². The highest BCUT2D eigenvalue weighted by Gasteiger charge is 2.26. The first-order chi connectivity index (χ1) is 17.0. The first-order valence-corrected chi connectivity index (χ1v) is 12.4. The summed E-state index contributed by atoms with van der Waals surface area (Å²) < 4.78 is 18.4. The molecule has 2 aromatic carbocycles. The van der Waals surface area contributed by atoms with Crippen LogP contribution in [0.2, 0.25) is 0 Å². The van der Waals surface area contributed by atoms with Gasteiger partial charge in [-0.25, -0.2) is 5.48 Å². The predicted molar refractivity (Wildman–Crippen MR) is 133 cm³/mol. The van der Waals surface area contributed by atoms with E-state index in [9.17, 15) is 13.8 Å². The predicted octanol–water partition coefficient (Wildman–Crippen LogP) is 3.22. The van der Waals surface area contributed by atoms with Crippen LogP contribution in [-0.2, 0) is 15.6 Å². The second kappa shape index (κ2) is 13.2. The third kappa shape index (κ3) is 7.12. The number of hydrogen-bond acceptors (Lipinski definition) is 6. The fourth-order valence-electron chi connectivity index (χ4n) is 3.47. The molecule has 1 heterocycles. The lowest BCUT2D eigenvalue weighted by atomic mass is 10.1. The van der Waals surface area contributed by atoms with Gasteiger partial charge in [0.25, 0.3) is 11.8 Å². The van der Waals surface area contributed by atoms with E-state index in [2.05, 4.69) is 22.1 Å². The molecule has 2 atom stereocenters. The van der Waals surface area contributed by atoms with Gasteiger partial charge in [0.15, 0.2) is 0 Å². The molecule has 0 aliphatic carbocycles. The van der Waals surface area contributed by atoms with Crippen LogP contribution >= 0.6 is 0 Å². The number of ether oxygens (including phenoxy) is 1. The summed E-state index contributed by atoms with van der Waals surface area (Å²) in [7, 11) is -1.68. The van der Waals surface area contributed by atoms with Crippen molar-refractivity contribution in [2.75, 3.05) is 13.2 Å². The molecule has 8 nitrogen and oxygen atoms in total. The van der Waals surface area contributed by atoms with Crippen LogP contribution in [0.1, 0.15) is 36.7 Å². The number of benzene rings is 2. The van der Waals surface area contributed by atoms with Crippen LogP contribution in [0.3, 0.4) is 0 Å². The van der Waals surface area contributed by atoms with Crippen molar-refractivity contribution in [3.8, 4) is 17.6 Å². The van der Waals surface area contributed by atoms with Crippen LogP contribution in [0.4, 0.5) is 0 Å². The number of carbonyl (C=O) groups excluding carboxylic acids is 2. The molecule has 1 aromatic heterocycles. The summed E-state index contributed by atoms with van der Waals surface area (Å²) in [5, 5.41) is 12.7. The topological polar surface area (TPSA) is 118 Å². The summed E-state index contributed by atoms with van der Waals surface area (Å²) in [5.41, 5.74) is 1.97. The Hall–Kier alpha value is -3.74. The minimum atomic E-state index is -1.68. The third-order valence-corrected chi connectivity index (χ3v) is 6.98. The lowest BCUT2D eigenvalue weighted by molar-refractivity contribution is -0.128. The number of nitrogens with one attached hydrogen (secondary N) is 2. The average molecular weight is 494 g/mol. The molecule has 35 heavy (non-hydrogen) atoms. The van der Waals surface area contributed by atoms with E-state index in [1.54, 1.807) is 42.9 Å². The summed E-state index contributed by atoms with van der Waals surface area (Å²) in [4.78, 5) is 29.4. The maximum atomic E-state index is 13.0. The van der Waals surface area contributed by atoms with E-state index in [4.69, 9.17) is 9.94 Å².